The maximum atomic E-state index is 11.8. The fraction of sp³-hybridized carbons (Fsp3) is 0.615. The topological polar surface area (TPSA) is 98.7 Å². The third-order valence-electron chi connectivity index (χ3n) is 3.87. The zero-order valence-electron chi connectivity index (χ0n) is 12.7. The Bertz CT molecular complexity index is 641. The van der Waals surface area contributed by atoms with Crippen molar-refractivity contribution in [2.45, 2.75) is 52.6 Å². The molecule has 0 aromatic carbocycles. The highest BCUT2D eigenvalue weighted by Crippen LogP contribution is 2.29. The van der Waals surface area contributed by atoms with E-state index in [4.69, 9.17) is 0 Å². The van der Waals surface area contributed by atoms with Gasteiger partial charge in [-0.25, -0.2) is 9.48 Å². The summed E-state index contributed by atoms with van der Waals surface area (Å²) in [5.74, 6) is -0.496. The molecule has 0 fully saturated rings. The van der Waals surface area contributed by atoms with E-state index in [1.165, 1.54) is 4.68 Å². The summed E-state index contributed by atoms with van der Waals surface area (Å²) < 4.78 is 3.19. The predicted octanol–water partition coefficient (Wildman–Crippen LogP) is 1.46. The van der Waals surface area contributed by atoms with Gasteiger partial charge in [0.25, 0.3) is 0 Å². The molecule has 8 heteroatoms. The minimum Gasteiger partial charge on any atom is -0.479 e. The lowest BCUT2D eigenvalue weighted by Crippen LogP contribution is -2.42. The van der Waals surface area contributed by atoms with Crippen LogP contribution in [0.15, 0.2) is 6.07 Å². The molecular formula is C13H20N6O2. The molecule has 0 saturated heterocycles. The van der Waals surface area contributed by atoms with Crippen LogP contribution in [0.4, 0.5) is 0 Å². The summed E-state index contributed by atoms with van der Waals surface area (Å²) in [5.41, 5.74) is 0.429. The fourth-order valence-corrected chi connectivity index (χ4v) is 2.54. The number of rotatable bonds is 6. The van der Waals surface area contributed by atoms with E-state index < -0.39 is 11.5 Å². The average molecular weight is 292 g/mol. The number of aromatic nitrogens is 6. The molecule has 1 N–H and O–H groups in total. The van der Waals surface area contributed by atoms with E-state index in [1.54, 1.807) is 4.68 Å². The van der Waals surface area contributed by atoms with Crippen LogP contribution < -0.4 is 0 Å². The van der Waals surface area contributed by atoms with Crippen LogP contribution in [0.25, 0.3) is 11.5 Å². The van der Waals surface area contributed by atoms with Gasteiger partial charge in [0.15, 0.2) is 5.54 Å². The fourth-order valence-electron chi connectivity index (χ4n) is 2.54. The number of nitrogens with zero attached hydrogens (tertiary/aromatic N) is 6. The largest absolute Gasteiger partial charge is 0.479 e. The Kier molecular flexibility index (Phi) is 4.06. The molecule has 2 aromatic heterocycles. The van der Waals surface area contributed by atoms with Gasteiger partial charge in [0, 0.05) is 6.54 Å². The Hall–Kier alpha value is -2.25. The Morgan fingerprint density at radius 2 is 2.00 bits per heavy atom. The van der Waals surface area contributed by atoms with Crippen LogP contribution in [0, 0.1) is 6.92 Å². The summed E-state index contributed by atoms with van der Waals surface area (Å²) in [6.45, 7) is 8.16. The SMILES string of the molecule is CCn1nc(C)cc1-c1nnnn1C(CC)(CC)C(=O)O. The molecule has 0 aliphatic heterocycles. The maximum Gasteiger partial charge on any atom is 0.331 e. The number of aliphatic carboxylic acids is 1. The number of carboxylic acids is 1. The molecule has 114 valence electrons. The minimum atomic E-state index is -1.14. The molecule has 0 atom stereocenters. The molecule has 0 aliphatic rings. The number of aryl methyl sites for hydroxylation is 2. The molecule has 0 aliphatic carbocycles. The molecule has 2 aromatic rings. The molecule has 8 nitrogen and oxygen atoms in total. The highest BCUT2D eigenvalue weighted by Gasteiger charge is 2.41. The lowest BCUT2D eigenvalue weighted by atomic mass is 9.93. The van der Waals surface area contributed by atoms with Crippen LogP contribution in [0.5, 0.6) is 0 Å². The summed E-state index contributed by atoms with van der Waals surface area (Å²) in [4.78, 5) is 11.8. The van der Waals surface area contributed by atoms with Gasteiger partial charge in [-0.05, 0) is 43.2 Å². The summed E-state index contributed by atoms with van der Waals surface area (Å²) >= 11 is 0. The first-order chi connectivity index (χ1) is 10.00. The third kappa shape index (κ3) is 2.30. The average Bonchev–Trinajstić information content (AvgIpc) is 3.07. The molecule has 21 heavy (non-hydrogen) atoms. The summed E-state index contributed by atoms with van der Waals surface area (Å²) in [5, 5.41) is 25.7. The zero-order chi connectivity index (χ0) is 15.6. The molecule has 0 amide bonds. The quantitative estimate of drug-likeness (QED) is 0.865. The summed E-state index contributed by atoms with van der Waals surface area (Å²) in [6, 6.07) is 1.86. The van der Waals surface area contributed by atoms with Crippen LogP contribution in [0.2, 0.25) is 0 Å². The van der Waals surface area contributed by atoms with E-state index >= 15 is 0 Å². The normalized spacial score (nSPS) is 11.8. The van der Waals surface area contributed by atoms with Crippen LogP contribution >= 0.6 is 0 Å². The van der Waals surface area contributed by atoms with Gasteiger partial charge in [-0.15, -0.1) is 5.10 Å². The third-order valence-corrected chi connectivity index (χ3v) is 3.87. The molecule has 0 saturated carbocycles. The highest BCUT2D eigenvalue weighted by molar-refractivity contribution is 5.77. The Morgan fingerprint density at radius 3 is 2.52 bits per heavy atom. The molecular weight excluding hydrogens is 272 g/mol. The second-order valence-corrected chi connectivity index (χ2v) is 4.94. The Labute approximate surface area is 122 Å². The van der Waals surface area contributed by atoms with Crippen molar-refractivity contribution in [3.8, 4) is 11.5 Å². The van der Waals surface area contributed by atoms with Crippen molar-refractivity contribution >= 4 is 5.97 Å². The van der Waals surface area contributed by atoms with Gasteiger partial charge in [0.2, 0.25) is 5.82 Å². The van der Waals surface area contributed by atoms with Crippen molar-refractivity contribution in [3.05, 3.63) is 11.8 Å². The van der Waals surface area contributed by atoms with Crippen molar-refractivity contribution in [2.24, 2.45) is 0 Å². The second-order valence-electron chi connectivity index (χ2n) is 4.94. The number of hydrogen-bond acceptors (Lipinski definition) is 5. The van der Waals surface area contributed by atoms with E-state index in [2.05, 4.69) is 20.6 Å². The van der Waals surface area contributed by atoms with Gasteiger partial charge in [0.1, 0.15) is 5.69 Å². The standard InChI is InChI=1S/C13H20N6O2/c1-5-13(6-2,12(20)21)19-11(14-16-17-19)10-8-9(4)15-18(10)7-3/h8H,5-7H2,1-4H3,(H,20,21). The van der Waals surface area contributed by atoms with Gasteiger partial charge >= 0.3 is 5.97 Å². The number of carbonyl (C=O) groups is 1. The monoisotopic (exact) mass is 292 g/mol. The first kappa shape index (κ1) is 15.1. The van der Waals surface area contributed by atoms with E-state index in [-0.39, 0.29) is 0 Å². The lowest BCUT2D eigenvalue weighted by Gasteiger charge is -2.27. The molecule has 0 radical (unpaired) electrons. The van der Waals surface area contributed by atoms with Gasteiger partial charge in [-0.1, -0.05) is 13.8 Å². The Morgan fingerprint density at radius 1 is 1.33 bits per heavy atom. The van der Waals surface area contributed by atoms with Gasteiger partial charge < -0.3 is 5.11 Å². The number of tetrazole rings is 1. The minimum absolute atomic E-state index is 0.399. The van der Waals surface area contributed by atoms with Crippen molar-refractivity contribution in [2.75, 3.05) is 0 Å². The molecule has 2 heterocycles. The highest BCUT2D eigenvalue weighted by atomic mass is 16.4. The number of hydrogen-bond donors (Lipinski definition) is 1. The van der Waals surface area contributed by atoms with Crippen molar-refractivity contribution in [1.82, 2.24) is 30.0 Å². The lowest BCUT2D eigenvalue weighted by molar-refractivity contribution is -0.148. The van der Waals surface area contributed by atoms with Crippen LogP contribution in [0.1, 0.15) is 39.3 Å². The van der Waals surface area contributed by atoms with Crippen LogP contribution in [-0.4, -0.2) is 41.1 Å². The second kappa shape index (κ2) is 5.63. The maximum absolute atomic E-state index is 11.8. The zero-order valence-corrected chi connectivity index (χ0v) is 12.7. The van der Waals surface area contributed by atoms with Gasteiger partial charge in [-0.2, -0.15) is 5.10 Å². The van der Waals surface area contributed by atoms with Crippen molar-refractivity contribution in [1.29, 1.82) is 0 Å². The van der Waals surface area contributed by atoms with Crippen molar-refractivity contribution in [3.63, 3.8) is 0 Å². The van der Waals surface area contributed by atoms with E-state index in [9.17, 15) is 9.90 Å². The van der Waals surface area contributed by atoms with Crippen molar-refractivity contribution < 1.29 is 9.90 Å². The van der Waals surface area contributed by atoms with Gasteiger partial charge in [0.05, 0.1) is 5.69 Å². The molecule has 2 rings (SSSR count). The Balaban J connectivity index is 2.64. The molecule has 0 spiro atoms. The first-order valence-electron chi connectivity index (χ1n) is 7.07. The summed E-state index contributed by atoms with van der Waals surface area (Å²) in [6.07, 6.45) is 0.798. The van der Waals surface area contributed by atoms with Crippen LogP contribution in [0.3, 0.4) is 0 Å². The van der Waals surface area contributed by atoms with E-state index in [0.717, 1.165) is 11.4 Å². The van der Waals surface area contributed by atoms with E-state index in [0.29, 0.717) is 25.2 Å². The smallest absolute Gasteiger partial charge is 0.331 e. The summed E-state index contributed by atoms with van der Waals surface area (Å²) in [7, 11) is 0. The van der Waals surface area contributed by atoms with E-state index in [1.807, 2.05) is 33.8 Å². The first-order valence-corrected chi connectivity index (χ1v) is 7.07. The number of carboxylic acid groups (broad SMARTS) is 1. The van der Waals surface area contributed by atoms with Crippen LogP contribution in [-0.2, 0) is 16.9 Å². The predicted molar refractivity (Wildman–Crippen MR) is 75.6 cm³/mol. The molecule has 0 bridgehead atoms. The molecule has 0 unspecified atom stereocenters. The van der Waals surface area contributed by atoms with Gasteiger partial charge in [-0.3, -0.25) is 4.68 Å².